The first-order chi connectivity index (χ1) is 16.1. The first-order valence-electron chi connectivity index (χ1n) is 11.5. The minimum Gasteiger partial charge on any atom is -0.493 e. The van der Waals surface area contributed by atoms with Crippen molar-refractivity contribution < 1.29 is 31.1 Å². The molecule has 0 N–H and O–H groups in total. The van der Waals surface area contributed by atoms with Crippen LogP contribution in [0.2, 0.25) is 0 Å². The average Bonchev–Trinajstić information content (AvgIpc) is 2.80. The molecule has 2 aromatic rings. The molecule has 1 nitrogen and oxygen atoms in total. The fourth-order valence-corrected chi connectivity index (χ4v) is 4.77. The monoisotopic (exact) mass is 480 g/mol. The van der Waals surface area contributed by atoms with Crippen LogP contribution in [0.3, 0.4) is 0 Å². The van der Waals surface area contributed by atoms with Gasteiger partial charge in [0.2, 0.25) is 0 Å². The minimum atomic E-state index is -4.93. The Hall–Kier alpha value is -2.70. The van der Waals surface area contributed by atoms with Crippen molar-refractivity contribution in [3.05, 3.63) is 82.1 Å². The Kier molecular flexibility index (Phi) is 6.58. The number of allylic oxidation sites excluding steroid dienone is 3. The average molecular weight is 480 g/mol. The molecular weight excluding hydrogens is 454 g/mol. The summed E-state index contributed by atoms with van der Waals surface area (Å²) in [6, 6.07) is 4.93. The van der Waals surface area contributed by atoms with Gasteiger partial charge in [-0.25, -0.2) is 8.78 Å². The van der Waals surface area contributed by atoms with Gasteiger partial charge in [0, 0.05) is 5.56 Å². The highest BCUT2D eigenvalue weighted by atomic mass is 19.3. The molecule has 34 heavy (non-hydrogen) atoms. The van der Waals surface area contributed by atoms with Gasteiger partial charge in [-0.05, 0) is 61.3 Å². The topological polar surface area (TPSA) is 9.23 Å². The summed E-state index contributed by atoms with van der Waals surface area (Å²) >= 11 is 0. The number of hydrogen-bond donors (Lipinski definition) is 0. The molecule has 1 unspecified atom stereocenters. The highest BCUT2D eigenvalue weighted by Crippen LogP contribution is 2.60. The molecule has 1 atom stereocenters. The number of fused-ring (bicyclic) bond motifs is 3. The molecule has 0 amide bonds. The summed E-state index contributed by atoms with van der Waals surface area (Å²) in [5.41, 5.74) is -2.87. The molecule has 0 bridgehead atoms. The molecule has 1 aliphatic carbocycles. The molecule has 2 aliphatic rings. The Morgan fingerprint density at radius 2 is 1.59 bits per heavy atom. The van der Waals surface area contributed by atoms with Crippen molar-refractivity contribution in [2.45, 2.75) is 70.3 Å². The van der Waals surface area contributed by atoms with Gasteiger partial charge >= 0.3 is 11.8 Å². The summed E-state index contributed by atoms with van der Waals surface area (Å²) in [5, 5.41) is 0. The lowest BCUT2D eigenvalue weighted by molar-refractivity contribution is -0.228. The molecule has 0 spiro atoms. The Balaban J connectivity index is 1.78. The van der Waals surface area contributed by atoms with E-state index in [2.05, 4.69) is 0 Å². The zero-order valence-electron chi connectivity index (χ0n) is 19.0. The Labute approximate surface area is 195 Å². The highest BCUT2D eigenvalue weighted by molar-refractivity contribution is 5.77. The van der Waals surface area contributed by atoms with Gasteiger partial charge in [0.05, 0.1) is 17.4 Å². The van der Waals surface area contributed by atoms with Crippen LogP contribution in [-0.4, -0.2) is 0 Å². The second kappa shape index (κ2) is 9.16. The van der Waals surface area contributed by atoms with E-state index < -0.39 is 51.8 Å². The first kappa shape index (κ1) is 24.4. The van der Waals surface area contributed by atoms with E-state index in [0.717, 1.165) is 18.4 Å². The first-order valence-corrected chi connectivity index (χ1v) is 11.5. The molecule has 1 heterocycles. The van der Waals surface area contributed by atoms with Crippen molar-refractivity contribution in [1.29, 1.82) is 0 Å². The van der Waals surface area contributed by atoms with Gasteiger partial charge in [0.1, 0.15) is 17.7 Å². The van der Waals surface area contributed by atoms with Crippen LogP contribution < -0.4 is 0 Å². The van der Waals surface area contributed by atoms with E-state index in [4.69, 9.17) is 4.74 Å². The lowest BCUT2D eigenvalue weighted by atomic mass is 9.77. The summed E-state index contributed by atoms with van der Waals surface area (Å²) in [7, 11) is 0. The van der Waals surface area contributed by atoms with Crippen molar-refractivity contribution in [2.24, 2.45) is 0 Å². The summed E-state index contributed by atoms with van der Waals surface area (Å²) in [4.78, 5) is 0. The van der Waals surface area contributed by atoms with Crippen molar-refractivity contribution in [3.8, 4) is 11.1 Å². The van der Waals surface area contributed by atoms with E-state index in [1.54, 1.807) is 6.92 Å². The van der Waals surface area contributed by atoms with Crippen molar-refractivity contribution in [3.63, 3.8) is 0 Å². The van der Waals surface area contributed by atoms with Crippen LogP contribution in [0.4, 0.5) is 26.3 Å². The highest BCUT2D eigenvalue weighted by Gasteiger charge is 2.65. The number of aryl methyl sites for hydroxylation is 1. The molecule has 0 aromatic heterocycles. The van der Waals surface area contributed by atoms with Crippen molar-refractivity contribution in [2.75, 3.05) is 0 Å². The van der Waals surface area contributed by atoms with E-state index in [-0.39, 0.29) is 17.5 Å². The summed E-state index contributed by atoms with van der Waals surface area (Å²) in [6.07, 6.45) is 7.66. The quantitative estimate of drug-likeness (QED) is 0.296. The van der Waals surface area contributed by atoms with Crippen molar-refractivity contribution in [1.82, 2.24) is 0 Å². The van der Waals surface area contributed by atoms with Crippen LogP contribution in [0.5, 0.6) is 0 Å². The fourth-order valence-electron chi connectivity index (χ4n) is 4.77. The molecule has 4 rings (SSSR count). The number of ether oxygens (including phenoxy) is 1. The van der Waals surface area contributed by atoms with Crippen molar-refractivity contribution >= 4 is 0 Å². The maximum atomic E-state index is 15.5. The van der Waals surface area contributed by atoms with Crippen LogP contribution >= 0.6 is 0 Å². The molecule has 7 heteroatoms. The smallest absolute Gasteiger partial charge is 0.343 e. The second-order valence-corrected chi connectivity index (χ2v) is 8.80. The van der Waals surface area contributed by atoms with Gasteiger partial charge in [-0.3, -0.25) is 0 Å². The van der Waals surface area contributed by atoms with Crippen LogP contribution in [0.1, 0.15) is 74.3 Å². The third-order valence-corrected chi connectivity index (χ3v) is 6.57. The minimum absolute atomic E-state index is 0.0649. The molecule has 1 aliphatic heterocycles. The predicted octanol–water partition coefficient (Wildman–Crippen LogP) is 8.87. The summed E-state index contributed by atoms with van der Waals surface area (Å²) in [6.45, 7) is 3.64. The number of benzene rings is 2. The van der Waals surface area contributed by atoms with E-state index in [1.165, 1.54) is 30.5 Å². The number of halogens is 6. The zero-order chi connectivity index (χ0) is 24.7. The molecule has 182 valence electrons. The maximum Gasteiger partial charge on any atom is 0.343 e. The van der Waals surface area contributed by atoms with E-state index in [9.17, 15) is 4.39 Å². The number of hydrogen-bond acceptors (Lipinski definition) is 1. The summed E-state index contributed by atoms with van der Waals surface area (Å²) in [5.74, 6) is -12.6. The molecule has 2 aromatic carbocycles. The van der Waals surface area contributed by atoms with Gasteiger partial charge in [-0.2, -0.15) is 17.6 Å². The third kappa shape index (κ3) is 3.83. The van der Waals surface area contributed by atoms with E-state index in [1.807, 2.05) is 19.1 Å². The summed E-state index contributed by atoms with van der Waals surface area (Å²) < 4.78 is 96.6. The van der Waals surface area contributed by atoms with Crippen LogP contribution in [0.25, 0.3) is 11.1 Å². The molecule has 0 saturated heterocycles. The van der Waals surface area contributed by atoms with Gasteiger partial charge in [0.15, 0.2) is 0 Å². The molecule has 0 saturated carbocycles. The van der Waals surface area contributed by atoms with Gasteiger partial charge < -0.3 is 4.74 Å². The van der Waals surface area contributed by atoms with Gasteiger partial charge in [-0.15, -0.1) is 0 Å². The number of rotatable bonds is 6. The van der Waals surface area contributed by atoms with Crippen LogP contribution in [-0.2, 0) is 23.0 Å². The van der Waals surface area contributed by atoms with E-state index in [0.29, 0.717) is 19.3 Å². The zero-order valence-corrected chi connectivity index (χ0v) is 19.0. The third-order valence-electron chi connectivity index (χ3n) is 6.57. The van der Waals surface area contributed by atoms with Crippen LogP contribution in [0.15, 0.2) is 48.3 Å². The van der Waals surface area contributed by atoms with Gasteiger partial charge in [-0.1, -0.05) is 49.8 Å². The van der Waals surface area contributed by atoms with Gasteiger partial charge in [0.25, 0.3) is 0 Å². The lowest BCUT2D eigenvalue weighted by Crippen LogP contribution is -2.41. The molecular formula is C27H26F6O. The predicted molar refractivity (Wildman–Crippen MR) is 119 cm³/mol. The van der Waals surface area contributed by atoms with Crippen LogP contribution in [0, 0.1) is 11.6 Å². The maximum absolute atomic E-state index is 15.5. The molecule has 0 radical (unpaired) electrons. The van der Waals surface area contributed by atoms with E-state index >= 15 is 22.0 Å². The Morgan fingerprint density at radius 3 is 2.18 bits per heavy atom. The lowest BCUT2D eigenvalue weighted by Gasteiger charge is -2.36. The number of alkyl halides is 4. The Bertz CT molecular complexity index is 1150. The Morgan fingerprint density at radius 1 is 0.941 bits per heavy atom. The fraction of sp³-hybridized carbons (Fsp3) is 0.407. The molecule has 0 fully saturated rings. The normalized spacial score (nSPS) is 20.5. The second-order valence-electron chi connectivity index (χ2n) is 8.80. The SMILES string of the molecule is C/C=C/CCC1=COC(c2ccc3c(c2F)C(F)(F)C(F)(F)c2c-3ccc(CCC)c2F)CC1. The largest absolute Gasteiger partial charge is 0.493 e. The standard InChI is InChI=1S/C27H26F6O/c1-3-5-6-8-16-9-14-21(34-15-16)20-13-12-19-18-11-10-17(7-4-2)24(28)22(18)26(30,31)27(32,33)23(19)25(20)29/h3,5,10-13,15,21H,4,6-9,14H2,1-2H3/b5-3+.